The van der Waals surface area contributed by atoms with Crippen molar-refractivity contribution in [3.63, 3.8) is 0 Å². The number of pyridine rings is 1. The summed E-state index contributed by atoms with van der Waals surface area (Å²) in [5.74, 6) is -0.858. The number of rotatable bonds is 6. The van der Waals surface area contributed by atoms with Crippen molar-refractivity contribution >= 4 is 15.2 Å². The van der Waals surface area contributed by atoms with Gasteiger partial charge in [-0.25, -0.2) is 0 Å². The van der Waals surface area contributed by atoms with Gasteiger partial charge < -0.3 is 9.47 Å². The molecule has 1 aliphatic rings. The van der Waals surface area contributed by atoms with E-state index in [-0.39, 0.29) is 29.5 Å². The molecule has 0 aliphatic heterocycles. The van der Waals surface area contributed by atoms with Gasteiger partial charge in [-0.05, 0) is 19.4 Å². The highest BCUT2D eigenvalue weighted by atomic mass is 32.2. The van der Waals surface area contributed by atoms with Gasteiger partial charge in [0.15, 0.2) is 0 Å². The molecule has 142 valence electrons. The fraction of sp³-hybridized carbons (Fsp3) is 0.353. The number of hydrogen-bond acceptors (Lipinski definition) is 8. The van der Waals surface area contributed by atoms with E-state index in [4.69, 9.17) is 9.47 Å². The molecule has 0 aromatic carbocycles. The van der Waals surface area contributed by atoms with Gasteiger partial charge in [-0.1, -0.05) is 6.08 Å². The zero-order valence-corrected chi connectivity index (χ0v) is 15.7. The minimum Gasteiger partial charge on any atom is -0.359 e. The molecule has 1 unspecified atom stereocenters. The Hall–Kier alpha value is -2.87. The Kier molecular flexibility index (Phi) is 6.57. The monoisotopic (exact) mass is 391 g/mol. The number of aryl methyl sites for hydroxylation is 2. The van der Waals surface area contributed by atoms with Crippen LogP contribution in [0.1, 0.15) is 34.0 Å². The van der Waals surface area contributed by atoms with Crippen LogP contribution < -0.4 is 0 Å². The van der Waals surface area contributed by atoms with Gasteiger partial charge in [-0.2, -0.15) is 13.7 Å². The van der Waals surface area contributed by atoms with E-state index in [9.17, 15) is 23.8 Å². The molecule has 0 spiro atoms. The Bertz CT molecular complexity index is 1010. The molecule has 1 heterocycles. The Morgan fingerprint density at radius 1 is 1.37 bits per heavy atom. The second-order valence-electron chi connectivity index (χ2n) is 5.72. The van der Waals surface area contributed by atoms with E-state index in [2.05, 4.69) is 11.1 Å². The van der Waals surface area contributed by atoms with Crippen molar-refractivity contribution in [1.82, 2.24) is 4.98 Å². The van der Waals surface area contributed by atoms with Gasteiger partial charge in [-0.3, -0.25) is 15.1 Å². The molecule has 0 fully saturated rings. The lowest BCUT2D eigenvalue weighted by Crippen LogP contribution is -2.20. The maximum Gasteiger partial charge on any atom is 0.270 e. The van der Waals surface area contributed by atoms with Crippen LogP contribution in [0.2, 0.25) is 0 Å². The van der Waals surface area contributed by atoms with Crippen LogP contribution in [0.4, 0.5) is 0 Å². The third-order valence-electron chi connectivity index (χ3n) is 4.06. The second-order valence-corrected chi connectivity index (χ2v) is 6.66. The normalized spacial score (nSPS) is 16.0. The molecule has 0 amide bonds. The van der Waals surface area contributed by atoms with Gasteiger partial charge >= 0.3 is 0 Å². The van der Waals surface area contributed by atoms with E-state index in [1.54, 1.807) is 13.8 Å². The van der Waals surface area contributed by atoms with Crippen molar-refractivity contribution in [3.8, 4) is 6.07 Å². The summed E-state index contributed by atoms with van der Waals surface area (Å²) in [7, 11) is -1.26. The molecule has 27 heavy (non-hydrogen) atoms. The number of allylic oxidation sites excluding steroid dienone is 3. The van der Waals surface area contributed by atoms with Crippen LogP contribution in [0.15, 0.2) is 23.9 Å². The van der Waals surface area contributed by atoms with Crippen LogP contribution in [-0.4, -0.2) is 37.1 Å². The average molecular weight is 391 g/mol. The molecular formula is C17H17N3O6S. The van der Waals surface area contributed by atoms with Gasteiger partial charge in [0, 0.05) is 36.4 Å². The number of methoxy groups -OCH3 is 1. The van der Waals surface area contributed by atoms with Gasteiger partial charge in [0.1, 0.15) is 12.9 Å². The molecule has 1 aromatic heterocycles. The first-order chi connectivity index (χ1) is 12.8. The highest BCUT2D eigenvalue weighted by Gasteiger charge is 2.30. The molecule has 2 rings (SSSR count). The third kappa shape index (κ3) is 4.28. The van der Waals surface area contributed by atoms with Crippen LogP contribution >= 0.6 is 0 Å². The molecule has 0 bridgehead atoms. The summed E-state index contributed by atoms with van der Waals surface area (Å²) in [6.07, 6.45) is 3.63. The number of aromatic nitrogens is 1. The van der Waals surface area contributed by atoms with Crippen LogP contribution in [0.5, 0.6) is 0 Å². The van der Waals surface area contributed by atoms with E-state index in [1.807, 2.05) is 0 Å². The first-order valence-electron chi connectivity index (χ1n) is 7.78. The van der Waals surface area contributed by atoms with Crippen molar-refractivity contribution in [2.45, 2.75) is 26.4 Å². The topological polar surface area (TPSA) is 132 Å². The number of nitrogens with zero attached hydrogens (tertiary/aromatic N) is 3. The zero-order chi connectivity index (χ0) is 20.1. The zero-order valence-electron chi connectivity index (χ0n) is 14.9. The van der Waals surface area contributed by atoms with Crippen molar-refractivity contribution in [2.24, 2.45) is 0 Å². The molecule has 0 radical (unpaired) electrons. The predicted octanol–water partition coefficient (Wildman–Crippen LogP) is 1.56. The van der Waals surface area contributed by atoms with Crippen molar-refractivity contribution < 1.29 is 22.8 Å². The summed E-state index contributed by atoms with van der Waals surface area (Å²) in [5.41, 5.74) is 1.84. The molecule has 9 nitrogen and oxygen atoms in total. The van der Waals surface area contributed by atoms with Crippen LogP contribution in [0.25, 0.3) is 0 Å². The van der Waals surface area contributed by atoms with E-state index in [1.165, 1.54) is 19.3 Å². The van der Waals surface area contributed by atoms with Crippen LogP contribution in [0, 0.1) is 35.3 Å². The van der Waals surface area contributed by atoms with Gasteiger partial charge in [-0.15, -0.1) is 0 Å². The minimum atomic E-state index is -2.72. The molecular weight excluding hydrogens is 374 g/mol. The summed E-state index contributed by atoms with van der Waals surface area (Å²) in [6.45, 7) is 3.42. The quantitative estimate of drug-likeness (QED) is 0.234. The number of nitro groups is 1. The molecule has 0 saturated carbocycles. The average Bonchev–Trinajstić information content (AvgIpc) is 2.62. The van der Waals surface area contributed by atoms with Crippen LogP contribution in [0.3, 0.4) is 0 Å². The Morgan fingerprint density at radius 2 is 2.07 bits per heavy atom. The first kappa shape index (κ1) is 20.4. The summed E-state index contributed by atoms with van der Waals surface area (Å²) in [4.78, 5) is 14.5. The van der Waals surface area contributed by atoms with E-state index in [0.29, 0.717) is 22.5 Å². The molecule has 1 aromatic rings. The lowest BCUT2D eigenvalue weighted by Gasteiger charge is -2.22. The second kappa shape index (κ2) is 8.68. The SMILES string of the molecule is COCOCc1c(C)nc(C)c(C#N)c1C1C=CC([N+](=O)[O-])=CC1=S(=O)=O. The number of nitriles is 1. The maximum atomic E-state index is 11.8. The molecule has 1 atom stereocenters. The Balaban J connectivity index is 2.73. The Morgan fingerprint density at radius 3 is 2.63 bits per heavy atom. The summed E-state index contributed by atoms with van der Waals surface area (Å²) >= 11 is 0. The highest BCUT2D eigenvalue weighted by molar-refractivity contribution is 7.73. The Labute approximate surface area is 157 Å². The minimum absolute atomic E-state index is 0.00455. The van der Waals surface area contributed by atoms with Gasteiger partial charge in [0.2, 0.25) is 10.3 Å². The molecule has 10 heteroatoms. The third-order valence-corrected chi connectivity index (χ3v) is 4.81. The van der Waals surface area contributed by atoms with Crippen molar-refractivity contribution in [3.05, 3.63) is 62.1 Å². The lowest BCUT2D eigenvalue weighted by atomic mass is 9.84. The lowest BCUT2D eigenvalue weighted by molar-refractivity contribution is -0.418. The number of hydrogen-bond donors (Lipinski definition) is 0. The fourth-order valence-corrected chi connectivity index (χ4v) is 3.51. The standard InChI is InChI=1S/C17H17N3O6S/c1-10-14(7-18)17(15(11(2)19-10)8-26-9-25-3)13-5-4-12(20(21)22)6-16(13)27(23)24/h4-6,13H,8-9H2,1-3H3. The maximum absolute atomic E-state index is 11.8. The smallest absolute Gasteiger partial charge is 0.270 e. The predicted molar refractivity (Wildman–Crippen MR) is 96.0 cm³/mol. The summed E-state index contributed by atoms with van der Waals surface area (Å²) in [6, 6.07) is 2.06. The van der Waals surface area contributed by atoms with Crippen molar-refractivity contribution in [2.75, 3.05) is 13.9 Å². The highest BCUT2D eigenvalue weighted by Crippen LogP contribution is 2.33. The largest absolute Gasteiger partial charge is 0.359 e. The molecule has 1 aliphatic carbocycles. The summed E-state index contributed by atoms with van der Waals surface area (Å²) < 4.78 is 33.8. The van der Waals surface area contributed by atoms with E-state index >= 15 is 0 Å². The first-order valence-corrected chi connectivity index (χ1v) is 8.86. The van der Waals surface area contributed by atoms with Gasteiger partial charge in [0.05, 0.1) is 27.7 Å². The summed E-state index contributed by atoms with van der Waals surface area (Å²) in [5, 5.41) is 20.6. The molecule has 0 N–H and O–H groups in total. The van der Waals surface area contributed by atoms with E-state index in [0.717, 1.165) is 6.08 Å². The number of ether oxygens (including phenoxy) is 2. The van der Waals surface area contributed by atoms with Crippen LogP contribution in [-0.2, 0) is 26.4 Å². The van der Waals surface area contributed by atoms with E-state index < -0.39 is 21.1 Å². The van der Waals surface area contributed by atoms with Crippen molar-refractivity contribution in [1.29, 1.82) is 5.26 Å². The fourth-order valence-electron chi connectivity index (χ4n) is 2.89. The van der Waals surface area contributed by atoms with Gasteiger partial charge in [0.25, 0.3) is 5.70 Å². The molecule has 0 saturated heterocycles.